The van der Waals surface area contributed by atoms with Gasteiger partial charge in [-0.2, -0.15) is 0 Å². The van der Waals surface area contributed by atoms with E-state index in [4.69, 9.17) is 12.2 Å². The Morgan fingerprint density at radius 1 is 1.29 bits per heavy atom. The molecule has 0 aliphatic carbocycles. The molecule has 1 aromatic heterocycles. The Hall–Kier alpha value is -2.80. The van der Waals surface area contributed by atoms with Gasteiger partial charge in [-0.25, -0.2) is 4.39 Å². The van der Waals surface area contributed by atoms with Crippen LogP contribution in [0.25, 0.3) is 10.9 Å². The number of nitrogens with one attached hydrogen (secondary N) is 2. The zero-order valence-corrected chi connectivity index (χ0v) is 13.6. The molecule has 7 heteroatoms. The molecule has 3 rings (SSSR count). The maximum absolute atomic E-state index is 13.1. The minimum Gasteiger partial charge on any atom is -0.348 e. The monoisotopic (exact) mass is 343 g/mol. The summed E-state index contributed by atoms with van der Waals surface area (Å²) in [4.78, 5) is 27.3. The standard InChI is InChI=1S/C17H14FN3O2S/c1-21-16(23)13-6-5-11(8-14(13)20-17(21)24)15(22)19-9-10-3-2-4-12(18)7-10/h2-8H,9H2,1H3,(H,19,22)(H,20,24). The van der Waals surface area contributed by atoms with Crippen LogP contribution < -0.4 is 10.9 Å². The number of amides is 1. The fraction of sp³-hybridized carbons (Fsp3) is 0.118. The highest BCUT2D eigenvalue weighted by molar-refractivity contribution is 7.71. The summed E-state index contributed by atoms with van der Waals surface area (Å²) in [5.41, 5.74) is 1.33. The van der Waals surface area contributed by atoms with E-state index < -0.39 is 0 Å². The number of H-pyrrole nitrogens is 1. The SMILES string of the molecule is Cn1c(=S)[nH]c2cc(C(=O)NCc3cccc(F)c3)ccc2c1=O. The predicted octanol–water partition coefficient (Wildman–Crippen LogP) is 2.67. The van der Waals surface area contributed by atoms with Crippen molar-refractivity contribution in [3.8, 4) is 0 Å². The fourth-order valence-corrected chi connectivity index (χ4v) is 2.57. The van der Waals surface area contributed by atoms with Crippen molar-refractivity contribution in [2.45, 2.75) is 6.54 Å². The van der Waals surface area contributed by atoms with Crippen molar-refractivity contribution in [3.05, 3.63) is 74.5 Å². The highest BCUT2D eigenvalue weighted by atomic mass is 32.1. The molecule has 0 radical (unpaired) electrons. The minimum atomic E-state index is -0.351. The lowest BCUT2D eigenvalue weighted by molar-refractivity contribution is 0.0951. The first-order chi connectivity index (χ1) is 11.5. The Bertz CT molecular complexity index is 1060. The average Bonchev–Trinajstić information content (AvgIpc) is 2.57. The van der Waals surface area contributed by atoms with Gasteiger partial charge in [-0.3, -0.25) is 14.2 Å². The lowest BCUT2D eigenvalue weighted by atomic mass is 10.1. The predicted molar refractivity (Wildman–Crippen MR) is 91.9 cm³/mol. The van der Waals surface area contributed by atoms with Crippen LogP contribution in [0.3, 0.4) is 0 Å². The Morgan fingerprint density at radius 2 is 2.08 bits per heavy atom. The number of fused-ring (bicyclic) bond motifs is 1. The van der Waals surface area contributed by atoms with Crippen LogP contribution in [0, 0.1) is 10.6 Å². The Labute approximate surface area is 141 Å². The molecule has 0 saturated heterocycles. The fourth-order valence-electron chi connectivity index (χ4n) is 2.38. The van der Waals surface area contributed by atoms with Crippen LogP contribution in [0.15, 0.2) is 47.3 Å². The van der Waals surface area contributed by atoms with Gasteiger partial charge >= 0.3 is 0 Å². The largest absolute Gasteiger partial charge is 0.348 e. The van der Waals surface area contributed by atoms with E-state index in [2.05, 4.69) is 10.3 Å². The second kappa shape index (κ2) is 6.37. The zero-order valence-electron chi connectivity index (χ0n) is 12.8. The van der Waals surface area contributed by atoms with Crippen LogP contribution in [0.5, 0.6) is 0 Å². The molecule has 0 unspecified atom stereocenters. The topological polar surface area (TPSA) is 66.9 Å². The molecule has 0 spiro atoms. The van der Waals surface area contributed by atoms with E-state index in [1.54, 1.807) is 37.4 Å². The Kier molecular flexibility index (Phi) is 4.26. The number of carbonyl (C=O) groups is 1. The maximum atomic E-state index is 13.1. The molecule has 0 aliphatic heterocycles. The van der Waals surface area contributed by atoms with Gasteiger partial charge in [0.05, 0.1) is 10.9 Å². The first-order valence-corrected chi connectivity index (χ1v) is 7.62. The van der Waals surface area contributed by atoms with Crippen molar-refractivity contribution in [1.29, 1.82) is 0 Å². The molecule has 3 aromatic rings. The summed E-state index contributed by atoms with van der Waals surface area (Å²) >= 11 is 5.08. The zero-order chi connectivity index (χ0) is 17.3. The molecule has 1 heterocycles. The van der Waals surface area contributed by atoms with E-state index in [0.29, 0.717) is 22.0 Å². The van der Waals surface area contributed by atoms with Gasteiger partial charge in [-0.05, 0) is 48.1 Å². The summed E-state index contributed by atoms with van der Waals surface area (Å²) in [6.45, 7) is 0.210. The first kappa shape index (κ1) is 16.1. The van der Waals surface area contributed by atoms with E-state index in [-0.39, 0.29) is 28.6 Å². The third-order valence-electron chi connectivity index (χ3n) is 3.71. The van der Waals surface area contributed by atoms with Crippen molar-refractivity contribution in [2.75, 3.05) is 0 Å². The molecule has 0 aliphatic rings. The highest BCUT2D eigenvalue weighted by Gasteiger charge is 2.09. The number of hydrogen-bond donors (Lipinski definition) is 2. The minimum absolute atomic E-state index is 0.210. The Balaban J connectivity index is 1.86. The van der Waals surface area contributed by atoms with E-state index >= 15 is 0 Å². The van der Waals surface area contributed by atoms with E-state index in [0.717, 1.165) is 0 Å². The summed E-state index contributed by atoms with van der Waals surface area (Å²) in [7, 11) is 1.58. The third kappa shape index (κ3) is 3.11. The van der Waals surface area contributed by atoms with Gasteiger partial charge in [-0.1, -0.05) is 12.1 Å². The van der Waals surface area contributed by atoms with E-state index in [1.165, 1.54) is 16.7 Å². The summed E-state index contributed by atoms with van der Waals surface area (Å²) in [6, 6.07) is 10.8. The number of halogens is 1. The van der Waals surface area contributed by atoms with E-state index in [9.17, 15) is 14.0 Å². The normalized spacial score (nSPS) is 10.8. The van der Waals surface area contributed by atoms with Crippen molar-refractivity contribution >= 4 is 29.0 Å². The second-order valence-electron chi connectivity index (χ2n) is 5.37. The molecule has 0 atom stereocenters. The number of carbonyl (C=O) groups excluding carboxylic acids is 1. The lowest BCUT2D eigenvalue weighted by Crippen LogP contribution is -2.23. The number of aromatic amines is 1. The van der Waals surface area contributed by atoms with Gasteiger partial charge in [0.15, 0.2) is 4.77 Å². The van der Waals surface area contributed by atoms with Crippen LogP contribution in [-0.4, -0.2) is 15.5 Å². The molecular weight excluding hydrogens is 329 g/mol. The summed E-state index contributed by atoms with van der Waals surface area (Å²) in [5.74, 6) is -0.669. The maximum Gasteiger partial charge on any atom is 0.261 e. The second-order valence-corrected chi connectivity index (χ2v) is 5.75. The molecular formula is C17H14FN3O2S. The molecule has 2 N–H and O–H groups in total. The lowest BCUT2D eigenvalue weighted by Gasteiger charge is -2.07. The van der Waals surface area contributed by atoms with Gasteiger partial charge in [-0.15, -0.1) is 0 Å². The number of nitrogens with zero attached hydrogens (tertiary/aromatic N) is 1. The molecule has 0 fully saturated rings. The van der Waals surface area contributed by atoms with Crippen molar-refractivity contribution in [3.63, 3.8) is 0 Å². The average molecular weight is 343 g/mol. The number of hydrogen-bond acceptors (Lipinski definition) is 3. The molecule has 0 saturated carbocycles. The van der Waals surface area contributed by atoms with Crippen LogP contribution >= 0.6 is 12.2 Å². The van der Waals surface area contributed by atoms with Gasteiger partial charge in [0.1, 0.15) is 5.82 Å². The first-order valence-electron chi connectivity index (χ1n) is 7.21. The van der Waals surface area contributed by atoms with E-state index in [1.807, 2.05) is 0 Å². The molecule has 1 amide bonds. The van der Waals surface area contributed by atoms with Crippen LogP contribution in [-0.2, 0) is 13.6 Å². The summed E-state index contributed by atoms with van der Waals surface area (Å²) in [5, 5.41) is 3.17. The number of benzene rings is 2. The quantitative estimate of drug-likeness (QED) is 0.719. The summed E-state index contributed by atoms with van der Waals surface area (Å²) in [6.07, 6.45) is 0. The van der Waals surface area contributed by atoms with Crippen LogP contribution in [0.4, 0.5) is 4.39 Å². The summed E-state index contributed by atoms with van der Waals surface area (Å²) < 4.78 is 14.8. The molecule has 122 valence electrons. The smallest absolute Gasteiger partial charge is 0.261 e. The Morgan fingerprint density at radius 3 is 2.83 bits per heavy atom. The number of aromatic nitrogens is 2. The molecule has 2 aromatic carbocycles. The molecule has 0 bridgehead atoms. The molecule has 24 heavy (non-hydrogen) atoms. The van der Waals surface area contributed by atoms with Crippen LogP contribution in [0.2, 0.25) is 0 Å². The van der Waals surface area contributed by atoms with Gasteiger partial charge in [0, 0.05) is 19.2 Å². The van der Waals surface area contributed by atoms with Gasteiger partial charge < -0.3 is 10.3 Å². The van der Waals surface area contributed by atoms with Gasteiger partial charge in [0.25, 0.3) is 11.5 Å². The van der Waals surface area contributed by atoms with Gasteiger partial charge in [0.2, 0.25) is 0 Å². The van der Waals surface area contributed by atoms with Crippen LogP contribution in [0.1, 0.15) is 15.9 Å². The van der Waals surface area contributed by atoms with Crippen molar-refractivity contribution < 1.29 is 9.18 Å². The third-order valence-corrected chi connectivity index (χ3v) is 4.08. The van der Waals surface area contributed by atoms with Crippen molar-refractivity contribution in [1.82, 2.24) is 14.9 Å². The highest BCUT2D eigenvalue weighted by Crippen LogP contribution is 2.11. The molecule has 5 nitrogen and oxygen atoms in total. The van der Waals surface area contributed by atoms with Crippen molar-refractivity contribution in [2.24, 2.45) is 7.05 Å². The number of rotatable bonds is 3.